The van der Waals surface area contributed by atoms with Gasteiger partial charge in [-0.25, -0.2) is 4.79 Å². The molecule has 0 atom stereocenters. The second-order valence-electron chi connectivity index (χ2n) is 1.60. The lowest BCUT2D eigenvalue weighted by Gasteiger charge is -1.87. The molecule has 0 aliphatic rings. The molecule has 0 aliphatic carbocycles. The van der Waals surface area contributed by atoms with Crippen LogP contribution in [0.5, 0.6) is 0 Å². The van der Waals surface area contributed by atoms with Crippen molar-refractivity contribution in [2.24, 2.45) is 0 Å². The first-order valence-corrected chi connectivity index (χ1v) is 3.08. The molecule has 0 aliphatic heterocycles. The molecule has 0 aromatic carbocycles. The number of allylic oxidation sites excluding steroid dienone is 1. The molecule has 0 unspecified atom stereocenters. The van der Waals surface area contributed by atoms with E-state index in [2.05, 4.69) is 13.2 Å². The van der Waals surface area contributed by atoms with E-state index in [1.165, 1.54) is 0 Å². The fraction of sp³-hybridized carbons (Fsp3) is 0.375. The highest BCUT2D eigenvalue weighted by Gasteiger charge is 1.94. The van der Waals surface area contributed by atoms with Gasteiger partial charge in [-0.1, -0.05) is 13.0 Å². The van der Waals surface area contributed by atoms with Crippen molar-refractivity contribution in [1.29, 1.82) is 0 Å². The van der Waals surface area contributed by atoms with Crippen molar-refractivity contribution < 1.29 is 9.90 Å². The van der Waals surface area contributed by atoms with Gasteiger partial charge >= 0.3 is 5.97 Å². The van der Waals surface area contributed by atoms with Crippen LogP contribution < -0.4 is 0 Å². The van der Waals surface area contributed by atoms with Crippen molar-refractivity contribution in [3.05, 3.63) is 24.8 Å². The Labute approximate surface area is 61.9 Å². The van der Waals surface area contributed by atoms with E-state index in [0.29, 0.717) is 5.57 Å². The van der Waals surface area contributed by atoms with Crippen LogP contribution in [0.25, 0.3) is 0 Å². The van der Waals surface area contributed by atoms with Crippen molar-refractivity contribution >= 4 is 5.97 Å². The summed E-state index contributed by atoms with van der Waals surface area (Å²) in [4.78, 5) is 10.0. The van der Waals surface area contributed by atoms with Gasteiger partial charge in [-0.3, -0.25) is 0 Å². The van der Waals surface area contributed by atoms with Gasteiger partial charge in [0.05, 0.1) is 0 Å². The summed E-state index contributed by atoms with van der Waals surface area (Å²) < 4.78 is 0. The molecule has 0 spiro atoms. The van der Waals surface area contributed by atoms with Crippen molar-refractivity contribution in [3.8, 4) is 0 Å². The molecular formula is C8H14O2. The topological polar surface area (TPSA) is 37.3 Å². The summed E-state index contributed by atoms with van der Waals surface area (Å²) in [7, 11) is 0. The van der Waals surface area contributed by atoms with Gasteiger partial charge < -0.3 is 5.11 Å². The maximum Gasteiger partial charge on any atom is 0.330 e. The van der Waals surface area contributed by atoms with Crippen molar-refractivity contribution in [2.75, 3.05) is 0 Å². The zero-order chi connectivity index (χ0) is 8.57. The first kappa shape index (κ1) is 11.7. The molecule has 0 fully saturated rings. The van der Waals surface area contributed by atoms with Crippen LogP contribution >= 0.6 is 0 Å². The highest BCUT2D eigenvalue weighted by molar-refractivity contribution is 5.85. The van der Waals surface area contributed by atoms with Gasteiger partial charge in [-0.2, -0.15) is 0 Å². The van der Waals surface area contributed by atoms with Crippen LogP contribution in [0.15, 0.2) is 24.8 Å². The monoisotopic (exact) mass is 142 g/mol. The van der Waals surface area contributed by atoms with Gasteiger partial charge in [0.25, 0.3) is 0 Å². The Balaban J connectivity index is 0. The van der Waals surface area contributed by atoms with Gasteiger partial charge in [0.15, 0.2) is 0 Å². The zero-order valence-electron chi connectivity index (χ0n) is 6.55. The Morgan fingerprint density at radius 3 is 2.10 bits per heavy atom. The predicted molar refractivity (Wildman–Crippen MR) is 42.9 cm³/mol. The summed E-state index contributed by atoms with van der Waals surface area (Å²) in [6.07, 6.45) is 2.47. The lowest BCUT2D eigenvalue weighted by Crippen LogP contribution is -1.94. The molecule has 0 radical (unpaired) electrons. The molecule has 0 heterocycles. The largest absolute Gasteiger partial charge is 0.478 e. The first-order chi connectivity index (χ1) is 4.68. The van der Waals surface area contributed by atoms with Gasteiger partial charge in [0, 0.05) is 5.57 Å². The Morgan fingerprint density at radius 2 is 2.00 bits per heavy atom. The maximum atomic E-state index is 10.0. The van der Waals surface area contributed by atoms with Crippen molar-refractivity contribution in [1.82, 2.24) is 0 Å². The molecule has 1 N–H and O–H groups in total. The molecule has 0 amide bonds. The van der Waals surface area contributed by atoms with Gasteiger partial charge in [0.1, 0.15) is 0 Å². The van der Waals surface area contributed by atoms with Crippen LogP contribution in [-0.4, -0.2) is 11.1 Å². The number of carboxylic acid groups (broad SMARTS) is 1. The SMILES string of the molecule is C=C.CCC=C(C)C(=O)O. The normalized spacial score (nSPS) is 9.60. The number of hydrogen-bond donors (Lipinski definition) is 1. The minimum atomic E-state index is -0.827. The van der Waals surface area contributed by atoms with E-state index < -0.39 is 5.97 Å². The number of rotatable bonds is 2. The summed E-state index contributed by atoms with van der Waals surface area (Å²) in [5.74, 6) is -0.827. The molecule has 0 saturated carbocycles. The molecule has 58 valence electrons. The zero-order valence-corrected chi connectivity index (χ0v) is 6.55. The molecule has 0 aromatic rings. The molecule has 2 heteroatoms. The van der Waals surface area contributed by atoms with Crippen LogP contribution in [0, 0.1) is 0 Å². The maximum absolute atomic E-state index is 10.0. The average Bonchev–Trinajstić information content (AvgIpc) is 1.93. The van der Waals surface area contributed by atoms with Crippen molar-refractivity contribution in [2.45, 2.75) is 20.3 Å². The highest BCUT2D eigenvalue weighted by Crippen LogP contribution is 1.92. The second kappa shape index (κ2) is 7.95. The van der Waals surface area contributed by atoms with E-state index in [1.54, 1.807) is 13.0 Å². The summed E-state index contributed by atoms with van der Waals surface area (Å²) >= 11 is 0. The van der Waals surface area contributed by atoms with E-state index >= 15 is 0 Å². The van der Waals surface area contributed by atoms with Gasteiger partial charge in [-0.05, 0) is 13.3 Å². The van der Waals surface area contributed by atoms with Gasteiger partial charge in [-0.15, -0.1) is 13.2 Å². The van der Waals surface area contributed by atoms with E-state index in [1.807, 2.05) is 6.92 Å². The molecule has 0 bridgehead atoms. The summed E-state index contributed by atoms with van der Waals surface area (Å²) in [6, 6.07) is 0. The van der Waals surface area contributed by atoms with Crippen molar-refractivity contribution in [3.63, 3.8) is 0 Å². The van der Waals surface area contributed by atoms with E-state index in [9.17, 15) is 4.79 Å². The molecule has 0 saturated heterocycles. The third-order valence-corrected chi connectivity index (χ3v) is 0.848. The summed E-state index contributed by atoms with van der Waals surface area (Å²) in [6.45, 7) is 9.50. The predicted octanol–water partition coefficient (Wildman–Crippen LogP) is 2.23. The molecule has 0 aromatic heterocycles. The van der Waals surface area contributed by atoms with E-state index in [4.69, 9.17) is 5.11 Å². The standard InChI is InChI=1S/C6H10O2.C2H4/c1-3-4-5(2)6(7)8;1-2/h4H,3H2,1-2H3,(H,7,8);1-2H2. The lowest BCUT2D eigenvalue weighted by atomic mass is 10.2. The number of carbonyl (C=O) groups is 1. The third-order valence-electron chi connectivity index (χ3n) is 0.848. The van der Waals surface area contributed by atoms with Gasteiger partial charge in [0.2, 0.25) is 0 Å². The molecule has 10 heavy (non-hydrogen) atoms. The lowest BCUT2D eigenvalue weighted by molar-refractivity contribution is -0.132. The fourth-order valence-corrected chi connectivity index (χ4v) is 0.393. The summed E-state index contributed by atoms with van der Waals surface area (Å²) in [5, 5.41) is 8.24. The smallest absolute Gasteiger partial charge is 0.330 e. The number of carboxylic acids is 1. The second-order valence-corrected chi connectivity index (χ2v) is 1.60. The Bertz CT molecular complexity index is 125. The molecular weight excluding hydrogens is 128 g/mol. The van der Waals surface area contributed by atoms with E-state index in [-0.39, 0.29) is 0 Å². The van der Waals surface area contributed by atoms with Crippen LogP contribution in [0.3, 0.4) is 0 Å². The minimum absolute atomic E-state index is 0.424. The van der Waals surface area contributed by atoms with Crippen LogP contribution in [0.4, 0.5) is 0 Å². The Kier molecular flexibility index (Phi) is 9.31. The highest BCUT2D eigenvalue weighted by atomic mass is 16.4. The fourth-order valence-electron chi connectivity index (χ4n) is 0.393. The quantitative estimate of drug-likeness (QED) is 0.474. The molecule has 0 rings (SSSR count). The van der Waals surface area contributed by atoms with Crippen LogP contribution in [0.2, 0.25) is 0 Å². The Morgan fingerprint density at radius 1 is 1.60 bits per heavy atom. The minimum Gasteiger partial charge on any atom is -0.478 e. The summed E-state index contributed by atoms with van der Waals surface area (Å²) in [5.41, 5.74) is 0.424. The van der Waals surface area contributed by atoms with Crippen LogP contribution in [-0.2, 0) is 4.79 Å². The Hall–Kier alpha value is -1.05. The van der Waals surface area contributed by atoms with Crippen LogP contribution in [0.1, 0.15) is 20.3 Å². The average molecular weight is 142 g/mol. The molecule has 2 nitrogen and oxygen atoms in total. The third kappa shape index (κ3) is 6.95. The van der Waals surface area contributed by atoms with E-state index in [0.717, 1.165) is 6.42 Å². The first-order valence-electron chi connectivity index (χ1n) is 3.08. The number of aliphatic carboxylic acids is 1. The number of hydrogen-bond acceptors (Lipinski definition) is 1.